The Balaban J connectivity index is 3.04. The standard InChI is InChI=1S/C9H9NO3/c1-6-2-3-7(9(13)10-6)4-5-8(11)12/h2-5H,1H3,(H,10,13)(H,11,12)/b5-4+. The Labute approximate surface area is 74.5 Å². The van der Waals surface area contributed by atoms with Crippen molar-refractivity contribution >= 4 is 12.0 Å². The minimum absolute atomic E-state index is 0.280. The number of carboxylic acids is 1. The molecular weight excluding hydrogens is 170 g/mol. The number of H-pyrrole nitrogens is 1. The Morgan fingerprint density at radius 2 is 2.23 bits per heavy atom. The zero-order valence-electron chi connectivity index (χ0n) is 7.07. The summed E-state index contributed by atoms with van der Waals surface area (Å²) in [6, 6.07) is 3.29. The molecule has 4 heteroatoms. The van der Waals surface area contributed by atoms with Crippen LogP contribution >= 0.6 is 0 Å². The summed E-state index contributed by atoms with van der Waals surface area (Å²) in [7, 11) is 0. The highest BCUT2D eigenvalue weighted by Gasteiger charge is 1.95. The summed E-state index contributed by atoms with van der Waals surface area (Å²) in [6.45, 7) is 1.76. The number of hydrogen-bond donors (Lipinski definition) is 2. The summed E-state index contributed by atoms with van der Waals surface area (Å²) in [6.07, 6.45) is 2.19. The van der Waals surface area contributed by atoms with Crippen molar-refractivity contribution in [1.82, 2.24) is 4.98 Å². The molecule has 0 atom stereocenters. The minimum Gasteiger partial charge on any atom is -0.478 e. The molecule has 1 aromatic rings. The predicted octanol–water partition coefficient (Wildman–Crippen LogP) is 0.781. The number of nitrogens with one attached hydrogen (secondary N) is 1. The Morgan fingerprint density at radius 3 is 2.77 bits per heavy atom. The molecule has 0 spiro atoms. The highest BCUT2D eigenvalue weighted by atomic mass is 16.4. The zero-order chi connectivity index (χ0) is 9.84. The van der Waals surface area contributed by atoms with E-state index >= 15 is 0 Å². The van der Waals surface area contributed by atoms with E-state index in [9.17, 15) is 9.59 Å². The molecule has 0 aliphatic rings. The molecule has 0 radical (unpaired) electrons. The van der Waals surface area contributed by atoms with Gasteiger partial charge in [0, 0.05) is 17.3 Å². The van der Waals surface area contributed by atoms with Crippen LogP contribution in [-0.4, -0.2) is 16.1 Å². The smallest absolute Gasteiger partial charge is 0.328 e. The number of hydrogen-bond acceptors (Lipinski definition) is 2. The topological polar surface area (TPSA) is 70.2 Å². The Hall–Kier alpha value is -1.84. The van der Waals surface area contributed by atoms with Gasteiger partial charge in [0.15, 0.2) is 0 Å². The summed E-state index contributed by atoms with van der Waals surface area (Å²) in [5.41, 5.74) is 0.808. The van der Waals surface area contributed by atoms with E-state index < -0.39 is 5.97 Å². The van der Waals surface area contributed by atoms with Gasteiger partial charge in [-0.25, -0.2) is 4.79 Å². The maximum absolute atomic E-state index is 11.2. The van der Waals surface area contributed by atoms with Crippen LogP contribution in [0.25, 0.3) is 6.08 Å². The molecule has 2 N–H and O–H groups in total. The lowest BCUT2D eigenvalue weighted by atomic mass is 10.2. The highest BCUT2D eigenvalue weighted by Crippen LogP contribution is 1.95. The van der Waals surface area contributed by atoms with Crippen LogP contribution in [0.3, 0.4) is 0 Å². The number of pyridine rings is 1. The van der Waals surface area contributed by atoms with Gasteiger partial charge >= 0.3 is 5.97 Å². The maximum atomic E-state index is 11.2. The molecule has 0 unspecified atom stereocenters. The molecule has 0 aliphatic carbocycles. The first-order valence-electron chi connectivity index (χ1n) is 3.70. The van der Waals surface area contributed by atoms with E-state index in [1.54, 1.807) is 19.1 Å². The van der Waals surface area contributed by atoms with E-state index in [1.807, 2.05) is 0 Å². The van der Waals surface area contributed by atoms with Gasteiger partial charge in [-0.2, -0.15) is 0 Å². The van der Waals surface area contributed by atoms with E-state index in [-0.39, 0.29) is 5.56 Å². The molecule has 13 heavy (non-hydrogen) atoms. The first-order chi connectivity index (χ1) is 6.09. The number of carbonyl (C=O) groups is 1. The second-order valence-electron chi connectivity index (χ2n) is 2.60. The monoisotopic (exact) mass is 179 g/mol. The quantitative estimate of drug-likeness (QED) is 0.659. The molecule has 0 aromatic carbocycles. The van der Waals surface area contributed by atoms with Gasteiger partial charge in [0.05, 0.1) is 0 Å². The first kappa shape index (κ1) is 9.25. The average molecular weight is 179 g/mol. The van der Waals surface area contributed by atoms with Crippen LogP contribution in [0.15, 0.2) is 23.0 Å². The number of aromatic amines is 1. The molecule has 0 saturated carbocycles. The Morgan fingerprint density at radius 1 is 1.54 bits per heavy atom. The minimum atomic E-state index is -1.07. The second-order valence-corrected chi connectivity index (χ2v) is 2.60. The largest absolute Gasteiger partial charge is 0.478 e. The molecular formula is C9H9NO3. The molecule has 1 rings (SSSR count). The van der Waals surface area contributed by atoms with Crippen LogP contribution in [-0.2, 0) is 4.79 Å². The third-order valence-corrected chi connectivity index (χ3v) is 1.49. The predicted molar refractivity (Wildman–Crippen MR) is 48.5 cm³/mol. The average Bonchev–Trinajstić information content (AvgIpc) is 2.02. The zero-order valence-corrected chi connectivity index (χ0v) is 7.07. The fourth-order valence-electron chi connectivity index (χ4n) is 0.876. The van der Waals surface area contributed by atoms with Crippen molar-refractivity contribution in [1.29, 1.82) is 0 Å². The normalized spacial score (nSPS) is 10.5. The maximum Gasteiger partial charge on any atom is 0.328 e. The third kappa shape index (κ3) is 2.59. The number of rotatable bonds is 2. The van der Waals surface area contributed by atoms with Crippen molar-refractivity contribution in [3.05, 3.63) is 39.8 Å². The van der Waals surface area contributed by atoms with E-state index in [2.05, 4.69) is 4.98 Å². The van der Waals surface area contributed by atoms with E-state index in [4.69, 9.17) is 5.11 Å². The molecule has 4 nitrogen and oxygen atoms in total. The van der Waals surface area contributed by atoms with E-state index in [0.717, 1.165) is 11.8 Å². The van der Waals surface area contributed by atoms with Gasteiger partial charge in [-0.3, -0.25) is 4.79 Å². The van der Waals surface area contributed by atoms with Gasteiger partial charge in [-0.1, -0.05) is 0 Å². The van der Waals surface area contributed by atoms with Crippen LogP contribution in [0.5, 0.6) is 0 Å². The second kappa shape index (κ2) is 3.71. The van der Waals surface area contributed by atoms with Gasteiger partial charge in [-0.15, -0.1) is 0 Å². The van der Waals surface area contributed by atoms with Gasteiger partial charge < -0.3 is 10.1 Å². The van der Waals surface area contributed by atoms with E-state index in [0.29, 0.717) is 5.56 Å². The van der Waals surface area contributed by atoms with Crippen molar-refractivity contribution in [3.63, 3.8) is 0 Å². The van der Waals surface area contributed by atoms with Crippen molar-refractivity contribution in [2.45, 2.75) is 6.92 Å². The van der Waals surface area contributed by atoms with Gasteiger partial charge in [-0.05, 0) is 25.1 Å². The summed E-state index contributed by atoms with van der Waals surface area (Å²) in [5, 5.41) is 8.32. The molecule has 1 heterocycles. The number of aryl methyl sites for hydroxylation is 1. The van der Waals surface area contributed by atoms with Gasteiger partial charge in [0.2, 0.25) is 0 Å². The van der Waals surface area contributed by atoms with Crippen LogP contribution in [0.4, 0.5) is 0 Å². The van der Waals surface area contributed by atoms with E-state index in [1.165, 1.54) is 6.08 Å². The molecule has 0 amide bonds. The van der Waals surface area contributed by atoms with Crippen molar-refractivity contribution in [2.75, 3.05) is 0 Å². The lowest BCUT2D eigenvalue weighted by Crippen LogP contribution is -2.09. The molecule has 68 valence electrons. The van der Waals surface area contributed by atoms with Crippen LogP contribution < -0.4 is 5.56 Å². The number of carboxylic acid groups (broad SMARTS) is 1. The Kier molecular flexibility index (Phi) is 2.64. The Bertz CT molecular complexity index is 404. The number of aliphatic carboxylic acids is 1. The molecule has 0 bridgehead atoms. The summed E-state index contributed by atoms with van der Waals surface area (Å²) in [5.74, 6) is -1.07. The SMILES string of the molecule is Cc1ccc(/C=C/C(=O)O)c(=O)[nH]1. The third-order valence-electron chi connectivity index (χ3n) is 1.49. The molecule has 0 aliphatic heterocycles. The summed E-state index contributed by atoms with van der Waals surface area (Å²) >= 11 is 0. The fraction of sp³-hybridized carbons (Fsp3) is 0.111. The summed E-state index contributed by atoms with van der Waals surface area (Å²) in [4.78, 5) is 23.9. The summed E-state index contributed by atoms with van der Waals surface area (Å²) < 4.78 is 0. The van der Waals surface area contributed by atoms with Gasteiger partial charge in [0.25, 0.3) is 5.56 Å². The lowest BCUT2D eigenvalue weighted by molar-refractivity contribution is -0.131. The molecule has 1 aromatic heterocycles. The van der Waals surface area contributed by atoms with Crippen LogP contribution in [0, 0.1) is 6.92 Å². The molecule has 0 fully saturated rings. The van der Waals surface area contributed by atoms with Crippen molar-refractivity contribution < 1.29 is 9.90 Å². The van der Waals surface area contributed by atoms with Crippen molar-refractivity contribution in [3.8, 4) is 0 Å². The van der Waals surface area contributed by atoms with Crippen LogP contribution in [0.1, 0.15) is 11.3 Å². The van der Waals surface area contributed by atoms with Crippen LogP contribution in [0.2, 0.25) is 0 Å². The first-order valence-corrected chi connectivity index (χ1v) is 3.70. The van der Waals surface area contributed by atoms with Gasteiger partial charge in [0.1, 0.15) is 0 Å². The highest BCUT2D eigenvalue weighted by molar-refractivity contribution is 5.85. The van der Waals surface area contributed by atoms with Crippen molar-refractivity contribution in [2.24, 2.45) is 0 Å². The fourth-order valence-corrected chi connectivity index (χ4v) is 0.876. The molecule has 0 saturated heterocycles. The number of aromatic nitrogens is 1. The lowest BCUT2D eigenvalue weighted by Gasteiger charge is -1.93.